The number of rotatable bonds is 20. The van der Waals surface area contributed by atoms with Crippen LogP contribution in [-0.2, 0) is 20.6 Å². The third-order valence-electron chi connectivity index (χ3n) is 13.3. The van der Waals surface area contributed by atoms with Crippen LogP contribution in [0.15, 0.2) is 126 Å². The summed E-state index contributed by atoms with van der Waals surface area (Å²) in [5.41, 5.74) is 19.2. The van der Waals surface area contributed by atoms with E-state index in [4.69, 9.17) is 48.8 Å². The van der Waals surface area contributed by atoms with Gasteiger partial charge < -0.3 is 26.0 Å². The SMILES string of the molecule is Cc1ccc(C(=O)CCCCl)cc1.Cc1ccc(C(=O)CCCSC(=N)N)cc1.Cc1ccc(C(=O)CCCSC(=N)NC(=O)OC(C)(C)C)cc1.Cc1ccc(C(C)(O)CCCSC(=N)NC(=O)OC(C)(C)C)cc1.Cc1ccc(C2(C)CCCSC(N)=N2)cc1.Cl. The molecule has 93 heavy (non-hydrogen) atoms. The molecule has 0 spiro atoms. The Kier molecular flexibility index (Phi) is 40.0. The van der Waals surface area contributed by atoms with Crippen LogP contribution in [0.3, 0.4) is 0 Å². The number of aliphatic imine (C=N–C) groups is 1. The lowest BCUT2D eigenvalue weighted by Crippen LogP contribution is -2.34. The molecule has 0 aliphatic carbocycles. The second-order valence-electron chi connectivity index (χ2n) is 24.5. The first-order valence-electron chi connectivity index (χ1n) is 30.7. The topological polar surface area (TPSA) is 284 Å². The number of nitrogens with two attached hydrogens (primary N) is 2. The van der Waals surface area contributed by atoms with E-state index in [-0.39, 0.29) is 50.8 Å². The molecule has 0 radical (unpaired) electrons. The minimum Gasteiger partial charge on any atom is -0.444 e. The molecule has 16 nitrogen and oxygen atoms in total. The number of alkyl halides is 1. The number of hydrogen-bond donors (Lipinski definition) is 8. The number of carbonyl (C=O) groups excluding carboxylic acids is 5. The van der Waals surface area contributed by atoms with Crippen molar-refractivity contribution < 1.29 is 38.6 Å². The predicted molar refractivity (Wildman–Crippen MR) is 398 cm³/mol. The molecule has 0 saturated carbocycles. The molecule has 5 aromatic carbocycles. The highest BCUT2D eigenvalue weighted by atomic mass is 35.5. The Morgan fingerprint density at radius 3 is 1.29 bits per heavy atom. The third-order valence-corrected chi connectivity index (χ3v) is 17.0. The second-order valence-corrected chi connectivity index (χ2v) is 29.3. The average Bonchev–Trinajstić information content (AvgIpc) is 2.04. The summed E-state index contributed by atoms with van der Waals surface area (Å²) in [6.45, 7) is 24.7. The molecule has 0 saturated heterocycles. The molecular formula is C71H100Cl2N8O8S4. The minimum atomic E-state index is -0.894. The molecular weight excluding hydrogens is 1290 g/mol. The zero-order chi connectivity index (χ0) is 69.1. The molecule has 510 valence electrons. The van der Waals surface area contributed by atoms with E-state index in [1.165, 1.54) is 58.4 Å². The number of aryl methyl sites for hydroxylation is 5. The number of alkyl carbamates (subject to hydrolysis) is 2. The van der Waals surface area contributed by atoms with Crippen molar-refractivity contribution in [1.82, 2.24) is 10.6 Å². The molecule has 1 aliphatic rings. The molecule has 2 unspecified atom stereocenters. The molecule has 2 amide bonds. The van der Waals surface area contributed by atoms with E-state index in [9.17, 15) is 29.1 Å². The molecule has 22 heteroatoms. The van der Waals surface area contributed by atoms with E-state index in [0.29, 0.717) is 55.1 Å². The fourth-order valence-electron chi connectivity index (χ4n) is 8.26. The van der Waals surface area contributed by atoms with Crippen molar-refractivity contribution in [2.45, 2.75) is 177 Å². The van der Waals surface area contributed by atoms with Gasteiger partial charge in [-0.3, -0.25) is 46.2 Å². The Balaban J connectivity index is 0.000000589. The van der Waals surface area contributed by atoms with Crippen LogP contribution < -0.4 is 22.1 Å². The highest BCUT2D eigenvalue weighted by molar-refractivity contribution is 8.14. The van der Waals surface area contributed by atoms with Crippen LogP contribution in [0.4, 0.5) is 9.59 Å². The van der Waals surface area contributed by atoms with Gasteiger partial charge in [-0.15, -0.1) is 24.0 Å². The van der Waals surface area contributed by atoms with Gasteiger partial charge in [0.05, 0.1) is 11.1 Å². The van der Waals surface area contributed by atoms with Crippen LogP contribution in [0.1, 0.15) is 190 Å². The van der Waals surface area contributed by atoms with Crippen molar-refractivity contribution in [3.8, 4) is 0 Å². The zero-order valence-corrected chi connectivity index (χ0v) is 61.3. The monoisotopic (exact) mass is 1390 g/mol. The lowest BCUT2D eigenvalue weighted by molar-refractivity contribution is 0.0471. The molecule has 6 rings (SSSR count). The fraction of sp³-hybridized carbons (Fsp3) is 0.451. The number of ketones is 3. The number of aliphatic hydroxyl groups is 1. The summed E-state index contributed by atoms with van der Waals surface area (Å²) < 4.78 is 10.2. The zero-order valence-electron chi connectivity index (χ0n) is 56.5. The standard InChI is InChI=1S/C18H28N2O3S.C17H24N2O3S.C13H18N2S.C12H16N2OS.C11H13ClO.ClH/c1-13-7-9-14(10-8-13)18(5,22)11-6-12-24-15(19)20-16(21)23-17(2,3)4;1-12-7-9-13(10-8-12)14(20)6-5-11-23-15(18)19-16(21)22-17(2,3)4;1-10-4-6-11(7-5-10)13(2)8-3-9-16-12(14)15-13;1-9-4-6-10(7-5-9)11(15)3-2-8-16-12(13)14;1-9-4-6-10(7-5-9)11(13)3-2-8-12;/h7-10,22H,6,11-12H2,1-5H3,(H2,19,20,21);7-10H,5-6,11H2,1-4H3,(H2,18,19,21);4-7H,3,8-9H2,1-2H3,(H2,14,15);4-7H,2-3,8H2,1H3,(H3,13,14);4-7H,2-3,8H2,1H3;1H. The van der Waals surface area contributed by atoms with Gasteiger partial charge in [0.15, 0.2) is 38.0 Å². The molecule has 1 heterocycles. The lowest BCUT2D eigenvalue weighted by atomic mass is 9.88. The fourth-order valence-corrected chi connectivity index (χ4v) is 11.0. The number of thioether (sulfide) groups is 4. The molecule has 1 aliphatic heterocycles. The van der Waals surface area contributed by atoms with Gasteiger partial charge in [0, 0.05) is 64.8 Å². The maximum Gasteiger partial charge on any atom is 0.413 e. The molecule has 10 N–H and O–H groups in total. The van der Waals surface area contributed by atoms with Crippen LogP contribution in [0.25, 0.3) is 0 Å². The number of nitrogens with one attached hydrogen (secondary N) is 5. The van der Waals surface area contributed by atoms with Gasteiger partial charge >= 0.3 is 12.2 Å². The van der Waals surface area contributed by atoms with E-state index in [1.807, 2.05) is 125 Å². The van der Waals surface area contributed by atoms with Gasteiger partial charge in [-0.05, 0) is 146 Å². The third kappa shape index (κ3) is 38.7. The van der Waals surface area contributed by atoms with E-state index >= 15 is 0 Å². The predicted octanol–water partition coefficient (Wildman–Crippen LogP) is 17.6. The Morgan fingerprint density at radius 1 is 0.581 bits per heavy atom. The number of amidine groups is 4. The first-order chi connectivity index (χ1) is 43.1. The molecule has 0 aromatic heterocycles. The van der Waals surface area contributed by atoms with Crippen molar-refractivity contribution in [3.05, 3.63) is 177 Å². The minimum absolute atomic E-state index is 0. The summed E-state index contributed by atoms with van der Waals surface area (Å²) in [6, 6.07) is 39.2. The molecule has 0 bridgehead atoms. The largest absolute Gasteiger partial charge is 0.444 e. The van der Waals surface area contributed by atoms with Gasteiger partial charge in [-0.2, -0.15) is 0 Å². The van der Waals surface area contributed by atoms with E-state index in [2.05, 4.69) is 53.7 Å². The Bertz CT molecular complexity index is 3160. The number of nitrogens with zero attached hydrogens (tertiary/aromatic N) is 1. The number of Topliss-reactive ketones (excluding diaryl/α,β-unsaturated/α-hetero) is 3. The van der Waals surface area contributed by atoms with Crippen LogP contribution in [0.2, 0.25) is 0 Å². The van der Waals surface area contributed by atoms with E-state index in [0.717, 1.165) is 75.7 Å². The van der Waals surface area contributed by atoms with Gasteiger partial charge in [-0.25, -0.2) is 9.59 Å². The first kappa shape index (κ1) is 84.9. The molecule has 0 fully saturated rings. The van der Waals surface area contributed by atoms with Crippen molar-refractivity contribution >= 4 is 121 Å². The summed E-state index contributed by atoms with van der Waals surface area (Å²) in [5.74, 6) is 4.02. The molecule has 2 atom stereocenters. The lowest BCUT2D eigenvalue weighted by Gasteiger charge is -2.24. The van der Waals surface area contributed by atoms with Crippen LogP contribution in [0.5, 0.6) is 0 Å². The Morgan fingerprint density at radius 2 is 0.925 bits per heavy atom. The number of halogens is 2. The smallest absolute Gasteiger partial charge is 0.413 e. The van der Waals surface area contributed by atoms with E-state index in [1.54, 1.807) is 60.2 Å². The van der Waals surface area contributed by atoms with Crippen LogP contribution in [0, 0.1) is 50.8 Å². The van der Waals surface area contributed by atoms with Gasteiger partial charge in [0.2, 0.25) is 0 Å². The van der Waals surface area contributed by atoms with E-state index < -0.39 is 29.0 Å². The number of hydrogen-bond acceptors (Lipinski definition) is 17. The summed E-state index contributed by atoms with van der Waals surface area (Å²) in [7, 11) is 0. The first-order valence-corrected chi connectivity index (χ1v) is 35.2. The quantitative estimate of drug-likeness (QED) is 0.0118. The summed E-state index contributed by atoms with van der Waals surface area (Å²) >= 11 is 10.9. The average molecular weight is 1390 g/mol. The molecule has 5 aromatic rings. The van der Waals surface area contributed by atoms with Gasteiger partial charge in [0.25, 0.3) is 0 Å². The van der Waals surface area contributed by atoms with Crippen molar-refractivity contribution in [2.24, 2.45) is 16.5 Å². The van der Waals surface area contributed by atoms with Gasteiger partial charge in [-0.1, -0.05) is 196 Å². The van der Waals surface area contributed by atoms with Crippen molar-refractivity contribution in [2.75, 3.05) is 28.9 Å². The number of amides is 2. The normalized spacial score (nSPS) is 13.9. The van der Waals surface area contributed by atoms with Crippen LogP contribution in [-0.4, -0.2) is 95.4 Å². The van der Waals surface area contributed by atoms with Crippen molar-refractivity contribution in [3.63, 3.8) is 0 Å². The van der Waals surface area contributed by atoms with Crippen molar-refractivity contribution in [1.29, 1.82) is 16.2 Å². The highest BCUT2D eigenvalue weighted by Gasteiger charge is 2.28. The number of benzene rings is 5. The van der Waals surface area contributed by atoms with Gasteiger partial charge in [0.1, 0.15) is 11.2 Å². The number of ether oxygens (including phenoxy) is 2. The summed E-state index contributed by atoms with van der Waals surface area (Å²) in [6.07, 6.45) is 5.96. The maximum atomic E-state index is 12.0. The highest BCUT2D eigenvalue weighted by Crippen LogP contribution is 2.34. The summed E-state index contributed by atoms with van der Waals surface area (Å²) in [5, 5.41) is 38.7. The second kappa shape index (κ2) is 43.8. The Hall–Kier alpha value is -6.13. The number of carbonyl (C=O) groups is 5. The van der Waals surface area contributed by atoms with Crippen LogP contribution >= 0.6 is 71.1 Å². The summed E-state index contributed by atoms with van der Waals surface area (Å²) in [4.78, 5) is 62.8. The Labute approximate surface area is 581 Å². The maximum absolute atomic E-state index is 12.0.